The first kappa shape index (κ1) is 18.9. The fraction of sp³-hybridized carbons (Fsp3) is 0.600. The molecule has 0 bridgehead atoms. The van der Waals surface area contributed by atoms with Gasteiger partial charge in [-0.3, -0.25) is 14.5 Å². The van der Waals surface area contributed by atoms with E-state index in [9.17, 15) is 9.59 Å². The molecule has 2 saturated heterocycles. The van der Waals surface area contributed by atoms with Crippen LogP contribution in [0.2, 0.25) is 0 Å². The maximum Gasteiger partial charge on any atom is 0.251 e. The van der Waals surface area contributed by atoms with Crippen molar-refractivity contribution in [1.82, 2.24) is 15.1 Å². The summed E-state index contributed by atoms with van der Waals surface area (Å²) in [5.74, 6) is -0.198. The minimum absolute atomic E-state index is 0.00573. The van der Waals surface area contributed by atoms with Gasteiger partial charge in [-0.25, -0.2) is 0 Å². The fourth-order valence-electron chi connectivity index (χ4n) is 3.64. The normalized spacial score (nSPS) is 19.4. The molecule has 0 radical (unpaired) electrons. The van der Waals surface area contributed by atoms with Crippen LogP contribution in [0.15, 0.2) is 18.2 Å². The van der Waals surface area contributed by atoms with E-state index in [1.165, 1.54) is 0 Å². The van der Waals surface area contributed by atoms with Gasteiger partial charge in [0.05, 0.1) is 6.54 Å². The van der Waals surface area contributed by atoms with Crippen LogP contribution in [-0.4, -0.2) is 73.6 Å². The number of ether oxygens (including phenoxy) is 1. The Bertz CT molecular complexity index is 648. The summed E-state index contributed by atoms with van der Waals surface area (Å²) >= 11 is 0. The van der Waals surface area contributed by atoms with E-state index in [-0.39, 0.29) is 18.4 Å². The number of nitrogens with one attached hydrogen (secondary N) is 1. The molecule has 0 spiro atoms. The van der Waals surface area contributed by atoms with E-state index in [0.29, 0.717) is 11.6 Å². The number of amides is 2. The van der Waals surface area contributed by atoms with Crippen molar-refractivity contribution in [3.8, 4) is 0 Å². The molecule has 0 saturated carbocycles. The zero-order valence-electron chi connectivity index (χ0n) is 15.8. The summed E-state index contributed by atoms with van der Waals surface area (Å²) in [5, 5.41) is 2.76. The molecule has 2 aliphatic heterocycles. The lowest BCUT2D eigenvalue weighted by molar-refractivity contribution is -0.132. The van der Waals surface area contributed by atoms with E-state index in [0.717, 1.165) is 63.4 Å². The van der Waals surface area contributed by atoms with Crippen molar-refractivity contribution in [2.45, 2.75) is 32.7 Å². The molecular formula is C20H29N3O3. The Morgan fingerprint density at radius 3 is 2.42 bits per heavy atom. The van der Waals surface area contributed by atoms with Crippen molar-refractivity contribution < 1.29 is 14.3 Å². The monoisotopic (exact) mass is 359 g/mol. The predicted molar refractivity (Wildman–Crippen MR) is 100 cm³/mol. The van der Waals surface area contributed by atoms with Crippen LogP contribution >= 0.6 is 0 Å². The van der Waals surface area contributed by atoms with E-state index >= 15 is 0 Å². The van der Waals surface area contributed by atoms with Gasteiger partial charge in [-0.2, -0.15) is 0 Å². The highest BCUT2D eigenvalue weighted by Crippen LogP contribution is 2.16. The van der Waals surface area contributed by atoms with Crippen molar-refractivity contribution in [1.29, 1.82) is 0 Å². The first-order chi connectivity index (χ1) is 12.5. The Morgan fingerprint density at radius 2 is 1.77 bits per heavy atom. The van der Waals surface area contributed by atoms with Crippen molar-refractivity contribution in [2.75, 3.05) is 45.9 Å². The highest BCUT2D eigenvalue weighted by atomic mass is 16.5. The summed E-state index contributed by atoms with van der Waals surface area (Å²) in [4.78, 5) is 29.0. The lowest BCUT2D eigenvalue weighted by Crippen LogP contribution is -2.54. The standard InChI is InChI=1S/C20H29N3O3/c1-15-3-4-17(13-16(15)2)20(25)21-14-19(24)23-9-7-22(8-10-23)18-5-11-26-12-6-18/h3-4,13,18H,5-12,14H2,1-2H3,(H,21,25). The molecule has 6 nitrogen and oxygen atoms in total. The molecule has 26 heavy (non-hydrogen) atoms. The molecule has 0 aliphatic carbocycles. The topological polar surface area (TPSA) is 61.9 Å². The first-order valence-electron chi connectivity index (χ1n) is 9.49. The molecule has 0 atom stereocenters. The number of carbonyl (C=O) groups excluding carboxylic acids is 2. The summed E-state index contributed by atoms with van der Waals surface area (Å²) in [6.07, 6.45) is 2.17. The lowest BCUT2D eigenvalue weighted by atomic mass is 10.1. The molecule has 6 heteroatoms. The second-order valence-electron chi connectivity index (χ2n) is 7.24. The Morgan fingerprint density at radius 1 is 1.08 bits per heavy atom. The highest BCUT2D eigenvalue weighted by Gasteiger charge is 2.27. The van der Waals surface area contributed by atoms with Crippen LogP contribution in [0.25, 0.3) is 0 Å². The predicted octanol–water partition coefficient (Wildman–Crippen LogP) is 1.36. The Labute approximate surface area is 155 Å². The van der Waals surface area contributed by atoms with Crippen LogP contribution in [0.1, 0.15) is 34.3 Å². The Balaban J connectivity index is 1.44. The average Bonchev–Trinajstić information content (AvgIpc) is 2.68. The van der Waals surface area contributed by atoms with E-state index in [4.69, 9.17) is 4.74 Å². The van der Waals surface area contributed by atoms with E-state index in [2.05, 4.69) is 10.2 Å². The molecule has 3 rings (SSSR count). The second-order valence-corrected chi connectivity index (χ2v) is 7.24. The van der Waals surface area contributed by atoms with Gasteiger partial charge in [0.1, 0.15) is 0 Å². The van der Waals surface area contributed by atoms with E-state index in [1.807, 2.05) is 30.9 Å². The summed E-state index contributed by atoms with van der Waals surface area (Å²) in [7, 11) is 0. The van der Waals surface area contributed by atoms with Gasteiger partial charge < -0.3 is 15.0 Å². The molecule has 1 aromatic rings. The van der Waals surface area contributed by atoms with Gasteiger partial charge in [0.25, 0.3) is 5.91 Å². The number of carbonyl (C=O) groups is 2. The zero-order valence-corrected chi connectivity index (χ0v) is 15.8. The largest absolute Gasteiger partial charge is 0.381 e. The van der Waals surface area contributed by atoms with Crippen LogP contribution in [0.3, 0.4) is 0 Å². The third-order valence-electron chi connectivity index (χ3n) is 5.54. The molecule has 2 aliphatic rings. The summed E-state index contributed by atoms with van der Waals surface area (Å²) in [6, 6.07) is 6.18. The summed E-state index contributed by atoms with van der Waals surface area (Å²) < 4.78 is 5.42. The number of nitrogens with zero attached hydrogens (tertiary/aromatic N) is 2. The van der Waals surface area contributed by atoms with E-state index < -0.39 is 0 Å². The maximum atomic E-state index is 12.4. The van der Waals surface area contributed by atoms with Gasteiger partial charge in [-0.05, 0) is 49.9 Å². The number of rotatable bonds is 4. The molecule has 1 aromatic carbocycles. The molecule has 0 aromatic heterocycles. The van der Waals surface area contributed by atoms with Crippen molar-refractivity contribution in [3.63, 3.8) is 0 Å². The molecule has 1 N–H and O–H groups in total. The first-order valence-corrected chi connectivity index (χ1v) is 9.49. The maximum absolute atomic E-state index is 12.4. The summed E-state index contributed by atoms with van der Waals surface area (Å²) in [5.41, 5.74) is 2.83. The van der Waals surface area contributed by atoms with E-state index in [1.54, 1.807) is 6.07 Å². The zero-order chi connectivity index (χ0) is 18.5. The third kappa shape index (κ3) is 4.62. The average molecular weight is 359 g/mol. The molecule has 0 unspecified atom stereocenters. The van der Waals surface area contributed by atoms with Crippen LogP contribution in [-0.2, 0) is 9.53 Å². The number of aryl methyl sites for hydroxylation is 2. The SMILES string of the molecule is Cc1ccc(C(=O)NCC(=O)N2CCN(C3CCOCC3)CC2)cc1C. The van der Waals surface area contributed by atoms with Crippen molar-refractivity contribution in [2.24, 2.45) is 0 Å². The quantitative estimate of drug-likeness (QED) is 0.882. The Hall–Kier alpha value is -1.92. The summed E-state index contributed by atoms with van der Waals surface area (Å²) in [6.45, 7) is 9.01. The number of hydrogen-bond acceptors (Lipinski definition) is 4. The van der Waals surface area contributed by atoms with Gasteiger partial charge in [-0.1, -0.05) is 6.07 Å². The fourth-order valence-corrected chi connectivity index (χ4v) is 3.64. The van der Waals surface area contributed by atoms with Gasteiger partial charge in [-0.15, -0.1) is 0 Å². The van der Waals surface area contributed by atoms with Gasteiger partial charge in [0.2, 0.25) is 5.91 Å². The van der Waals surface area contributed by atoms with Crippen LogP contribution in [0.4, 0.5) is 0 Å². The molecule has 142 valence electrons. The second kappa shape index (κ2) is 8.64. The lowest BCUT2D eigenvalue weighted by Gasteiger charge is -2.40. The minimum Gasteiger partial charge on any atom is -0.381 e. The van der Waals surface area contributed by atoms with Crippen LogP contribution in [0.5, 0.6) is 0 Å². The number of piperazine rings is 1. The van der Waals surface area contributed by atoms with Gasteiger partial charge >= 0.3 is 0 Å². The van der Waals surface area contributed by atoms with Crippen LogP contribution in [0, 0.1) is 13.8 Å². The molecular weight excluding hydrogens is 330 g/mol. The number of benzene rings is 1. The molecule has 2 amide bonds. The smallest absolute Gasteiger partial charge is 0.251 e. The number of hydrogen-bond donors (Lipinski definition) is 1. The molecule has 2 fully saturated rings. The Kier molecular flexibility index (Phi) is 6.27. The van der Waals surface area contributed by atoms with Gasteiger partial charge in [0.15, 0.2) is 0 Å². The van der Waals surface area contributed by atoms with Crippen molar-refractivity contribution in [3.05, 3.63) is 34.9 Å². The van der Waals surface area contributed by atoms with Crippen molar-refractivity contribution >= 4 is 11.8 Å². The third-order valence-corrected chi connectivity index (χ3v) is 5.54. The van der Waals surface area contributed by atoms with Gasteiger partial charge in [0, 0.05) is 51.0 Å². The highest BCUT2D eigenvalue weighted by molar-refractivity contribution is 5.96. The molecule has 2 heterocycles. The van der Waals surface area contributed by atoms with Crippen LogP contribution < -0.4 is 5.32 Å². The minimum atomic E-state index is -0.192.